The minimum Gasteiger partial charge on any atom is -0.492 e. The Morgan fingerprint density at radius 3 is 2.37 bits per heavy atom. The van der Waals surface area contributed by atoms with Crippen LogP contribution in [-0.4, -0.2) is 63.5 Å². The molecule has 1 amide bonds. The van der Waals surface area contributed by atoms with Crippen molar-refractivity contribution in [3.63, 3.8) is 0 Å². The van der Waals surface area contributed by atoms with Crippen LogP contribution in [0.3, 0.4) is 0 Å². The molecule has 0 aromatic heterocycles. The van der Waals surface area contributed by atoms with E-state index in [1.807, 2.05) is 66.7 Å². The second-order valence-electron chi connectivity index (χ2n) is 8.14. The van der Waals surface area contributed by atoms with Gasteiger partial charge in [-0.3, -0.25) is 9.69 Å². The van der Waals surface area contributed by atoms with Crippen LogP contribution in [-0.2, 0) is 11.3 Å². The number of rotatable bonds is 12. The van der Waals surface area contributed by atoms with Gasteiger partial charge in [0.05, 0.1) is 18.8 Å². The van der Waals surface area contributed by atoms with E-state index in [-0.39, 0.29) is 5.91 Å². The summed E-state index contributed by atoms with van der Waals surface area (Å²) in [4.78, 5) is 15.2. The van der Waals surface area contributed by atoms with Crippen LogP contribution in [0.1, 0.15) is 15.9 Å². The van der Waals surface area contributed by atoms with Gasteiger partial charge in [0.15, 0.2) is 0 Å². The Kier molecular flexibility index (Phi) is 9.38. The molecule has 7 heteroatoms. The van der Waals surface area contributed by atoms with Crippen molar-refractivity contribution in [1.82, 2.24) is 10.2 Å². The van der Waals surface area contributed by atoms with Gasteiger partial charge in [-0.15, -0.1) is 0 Å². The van der Waals surface area contributed by atoms with Crippen molar-refractivity contribution in [2.24, 2.45) is 0 Å². The number of carbonyl (C=O) groups is 1. The van der Waals surface area contributed by atoms with Gasteiger partial charge in [-0.1, -0.05) is 42.5 Å². The minimum atomic E-state index is -0.191. The largest absolute Gasteiger partial charge is 0.492 e. The molecule has 0 spiro atoms. The minimum absolute atomic E-state index is 0.191. The molecule has 184 valence electrons. The summed E-state index contributed by atoms with van der Waals surface area (Å²) in [6, 6.07) is 24.6. The quantitative estimate of drug-likeness (QED) is 0.401. The van der Waals surface area contributed by atoms with Crippen LogP contribution < -0.4 is 19.5 Å². The van der Waals surface area contributed by atoms with Crippen molar-refractivity contribution in [1.29, 1.82) is 0 Å². The molecule has 0 aliphatic carbocycles. The number of amides is 1. The van der Waals surface area contributed by atoms with Gasteiger partial charge in [-0.2, -0.15) is 0 Å². The Balaban J connectivity index is 1.23. The summed E-state index contributed by atoms with van der Waals surface area (Å²) in [7, 11) is 0. The van der Waals surface area contributed by atoms with Gasteiger partial charge in [0.25, 0.3) is 5.91 Å². The first-order valence-electron chi connectivity index (χ1n) is 12.0. The molecule has 1 aliphatic heterocycles. The van der Waals surface area contributed by atoms with E-state index in [0.717, 1.165) is 49.9 Å². The molecule has 0 unspecified atom stereocenters. The van der Waals surface area contributed by atoms with Crippen LogP contribution in [0.5, 0.6) is 17.2 Å². The summed E-state index contributed by atoms with van der Waals surface area (Å²) in [5.74, 6) is 1.92. The van der Waals surface area contributed by atoms with Gasteiger partial charge >= 0.3 is 0 Å². The molecule has 0 saturated carbocycles. The van der Waals surface area contributed by atoms with Crippen LogP contribution in [0.2, 0.25) is 0 Å². The zero-order chi connectivity index (χ0) is 24.1. The lowest BCUT2D eigenvalue weighted by atomic mass is 10.1. The number of nitrogens with zero attached hydrogens (tertiary/aromatic N) is 1. The second-order valence-corrected chi connectivity index (χ2v) is 8.14. The van der Waals surface area contributed by atoms with Crippen LogP contribution in [0.15, 0.2) is 78.9 Å². The van der Waals surface area contributed by atoms with E-state index in [4.69, 9.17) is 18.9 Å². The Labute approximate surface area is 206 Å². The highest BCUT2D eigenvalue weighted by Crippen LogP contribution is 2.19. The predicted octanol–water partition coefficient (Wildman–Crippen LogP) is 3.79. The third-order valence-electron chi connectivity index (χ3n) is 5.62. The lowest BCUT2D eigenvalue weighted by Crippen LogP contribution is -2.38. The fraction of sp³-hybridized carbons (Fsp3) is 0.321. The standard InChI is InChI=1S/C28H32N2O5/c31-28(26-11-4-5-12-27(26)35-20-19-34-24-8-2-1-3-9-24)29-22-23-7-6-10-25(21-23)33-18-15-30-13-16-32-17-14-30/h1-12,21H,13-20,22H2,(H,29,31). The van der Waals surface area contributed by atoms with Crippen molar-refractivity contribution in [3.8, 4) is 17.2 Å². The fourth-order valence-corrected chi connectivity index (χ4v) is 3.75. The van der Waals surface area contributed by atoms with Crippen molar-refractivity contribution in [3.05, 3.63) is 90.0 Å². The molecule has 1 fully saturated rings. The van der Waals surface area contributed by atoms with Crippen LogP contribution in [0, 0.1) is 0 Å². The van der Waals surface area contributed by atoms with Crippen LogP contribution in [0.25, 0.3) is 0 Å². The molecule has 1 heterocycles. The van der Waals surface area contributed by atoms with E-state index in [9.17, 15) is 4.79 Å². The molecule has 3 aromatic rings. The Morgan fingerprint density at radius 2 is 1.51 bits per heavy atom. The first-order valence-corrected chi connectivity index (χ1v) is 12.0. The van der Waals surface area contributed by atoms with E-state index < -0.39 is 0 Å². The monoisotopic (exact) mass is 476 g/mol. The number of para-hydroxylation sites is 2. The summed E-state index contributed by atoms with van der Waals surface area (Å²) >= 11 is 0. The third kappa shape index (κ3) is 8.02. The topological polar surface area (TPSA) is 69.3 Å². The van der Waals surface area contributed by atoms with Crippen LogP contribution in [0.4, 0.5) is 0 Å². The molecule has 35 heavy (non-hydrogen) atoms. The van der Waals surface area contributed by atoms with Gasteiger partial charge < -0.3 is 24.3 Å². The highest BCUT2D eigenvalue weighted by molar-refractivity contribution is 5.96. The summed E-state index contributed by atoms with van der Waals surface area (Å²) in [5.41, 5.74) is 1.46. The molecule has 7 nitrogen and oxygen atoms in total. The maximum absolute atomic E-state index is 12.9. The van der Waals surface area contributed by atoms with Crippen molar-refractivity contribution in [2.75, 3.05) is 52.7 Å². The summed E-state index contributed by atoms with van der Waals surface area (Å²) in [5, 5.41) is 2.98. The van der Waals surface area contributed by atoms with Crippen molar-refractivity contribution >= 4 is 5.91 Å². The smallest absolute Gasteiger partial charge is 0.255 e. The third-order valence-corrected chi connectivity index (χ3v) is 5.62. The number of nitrogens with one attached hydrogen (secondary N) is 1. The Morgan fingerprint density at radius 1 is 0.800 bits per heavy atom. The van der Waals surface area contributed by atoms with Gasteiger partial charge in [0, 0.05) is 26.2 Å². The normalized spacial score (nSPS) is 13.7. The fourth-order valence-electron chi connectivity index (χ4n) is 3.75. The van der Waals surface area contributed by atoms with Gasteiger partial charge in [-0.05, 0) is 42.0 Å². The van der Waals surface area contributed by atoms with Crippen molar-refractivity contribution in [2.45, 2.75) is 6.54 Å². The molecule has 3 aromatic carbocycles. The molecule has 1 aliphatic rings. The number of hydrogen-bond donors (Lipinski definition) is 1. The van der Waals surface area contributed by atoms with E-state index in [2.05, 4.69) is 10.2 Å². The zero-order valence-corrected chi connectivity index (χ0v) is 19.9. The maximum atomic E-state index is 12.9. The highest BCUT2D eigenvalue weighted by Gasteiger charge is 2.13. The van der Waals surface area contributed by atoms with E-state index in [1.54, 1.807) is 12.1 Å². The zero-order valence-electron chi connectivity index (χ0n) is 19.9. The summed E-state index contributed by atoms with van der Waals surface area (Å²) in [6.45, 7) is 6.06. The summed E-state index contributed by atoms with van der Waals surface area (Å²) < 4.78 is 22.8. The molecule has 1 N–H and O–H groups in total. The predicted molar refractivity (Wildman–Crippen MR) is 134 cm³/mol. The molecular formula is C28H32N2O5. The van der Waals surface area contributed by atoms with Crippen molar-refractivity contribution < 1.29 is 23.7 Å². The first-order chi connectivity index (χ1) is 17.3. The Hall–Kier alpha value is -3.55. The maximum Gasteiger partial charge on any atom is 0.255 e. The SMILES string of the molecule is O=C(NCc1cccc(OCCN2CCOCC2)c1)c1ccccc1OCCOc1ccccc1. The van der Waals surface area contributed by atoms with Gasteiger partial charge in [0.1, 0.15) is 37.1 Å². The summed E-state index contributed by atoms with van der Waals surface area (Å²) in [6.07, 6.45) is 0. The van der Waals surface area contributed by atoms with Gasteiger partial charge in [0.2, 0.25) is 0 Å². The average molecular weight is 477 g/mol. The van der Waals surface area contributed by atoms with E-state index in [1.165, 1.54) is 0 Å². The molecule has 0 radical (unpaired) electrons. The lowest BCUT2D eigenvalue weighted by molar-refractivity contribution is 0.0322. The first kappa shape index (κ1) is 24.6. The highest BCUT2D eigenvalue weighted by atomic mass is 16.5. The number of hydrogen-bond acceptors (Lipinski definition) is 6. The molecular weight excluding hydrogens is 444 g/mol. The lowest BCUT2D eigenvalue weighted by Gasteiger charge is -2.26. The number of ether oxygens (including phenoxy) is 4. The number of morpholine rings is 1. The number of benzene rings is 3. The molecule has 1 saturated heterocycles. The Bertz CT molecular complexity index is 1050. The second kappa shape index (κ2) is 13.4. The molecule has 0 atom stereocenters. The van der Waals surface area contributed by atoms with E-state index >= 15 is 0 Å². The van der Waals surface area contributed by atoms with Gasteiger partial charge in [-0.25, -0.2) is 0 Å². The van der Waals surface area contributed by atoms with E-state index in [0.29, 0.717) is 37.7 Å². The molecule has 4 rings (SSSR count). The van der Waals surface area contributed by atoms with Crippen LogP contribution >= 0.6 is 0 Å². The number of carbonyl (C=O) groups excluding carboxylic acids is 1. The molecule has 0 bridgehead atoms. The average Bonchev–Trinajstić information content (AvgIpc) is 2.91.